The first-order valence-electron chi connectivity index (χ1n) is 8.55. The van der Waals surface area contributed by atoms with E-state index >= 15 is 0 Å². The van der Waals surface area contributed by atoms with E-state index in [0.29, 0.717) is 36.9 Å². The lowest BCUT2D eigenvalue weighted by Crippen LogP contribution is -2.51. The van der Waals surface area contributed by atoms with Crippen LogP contribution in [0.3, 0.4) is 0 Å². The number of sulfonamides is 1. The highest BCUT2D eigenvalue weighted by molar-refractivity contribution is 7.88. The van der Waals surface area contributed by atoms with E-state index in [9.17, 15) is 13.2 Å². The number of nitrogens with zero attached hydrogens (tertiary/aromatic N) is 2. The van der Waals surface area contributed by atoms with Gasteiger partial charge in [-0.25, -0.2) is 13.2 Å². The van der Waals surface area contributed by atoms with Gasteiger partial charge in [0.25, 0.3) is 0 Å². The molecule has 7 nitrogen and oxygen atoms in total. The Bertz CT molecular complexity index is 811. The van der Waals surface area contributed by atoms with Crippen molar-refractivity contribution in [3.05, 3.63) is 16.0 Å². The standard InChI is InChI=1S/C16H23N3O4S3/c1-23-15(20)13-11-5-3-4-6-12(11)25-14(13)17-16(24)18-7-9-19(10-8-18)26(2,21)22/h3-10H2,1-2H3,(H,17,24). The molecule has 10 heteroatoms. The number of piperazine rings is 1. The van der Waals surface area contributed by atoms with Crippen molar-refractivity contribution in [2.45, 2.75) is 25.7 Å². The molecule has 1 aliphatic heterocycles. The smallest absolute Gasteiger partial charge is 0.341 e. The molecule has 3 rings (SSSR count). The predicted octanol–water partition coefficient (Wildman–Crippen LogP) is 1.69. The van der Waals surface area contributed by atoms with Gasteiger partial charge in [-0.3, -0.25) is 0 Å². The second-order valence-electron chi connectivity index (χ2n) is 6.49. The van der Waals surface area contributed by atoms with Crippen molar-refractivity contribution in [2.75, 3.05) is 44.9 Å². The summed E-state index contributed by atoms with van der Waals surface area (Å²) in [6, 6.07) is 0. The maximum absolute atomic E-state index is 12.3. The molecule has 1 fully saturated rings. The van der Waals surface area contributed by atoms with Crippen LogP contribution in [-0.2, 0) is 27.6 Å². The monoisotopic (exact) mass is 417 g/mol. The van der Waals surface area contributed by atoms with Gasteiger partial charge in [0.15, 0.2) is 5.11 Å². The van der Waals surface area contributed by atoms with Gasteiger partial charge < -0.3 is 15.0 Å². The van der Waals surface area contributed by atoms with Crippen LogP contribution in [0.1, 0.15) is 33.6 Å². The Labute approximate surface area is 163 Å². The number of ether oxygens (including phenoxy) is 1. The molecule has 1 saturated heterocycles. The molecule has 0 aromatic carbocycles. The minimum Gasteiger partial charge on any atom is -0.465 e. The van der Waals surface area contributed by atoms with E-state index in [1.807, 2.05) is 4.90 Å². The summed E-state index contributed by atoms with van der Waals surface area (Å²) in [5, 5.41) is 4.46. The maximum atomic E-state index is 12.3. The quantitative estimate of drug-likeness (QED) is 0.592. The molecule has 0 atom stereocenters. The number of methoxy groups -OCH3 is 1. The number of rotatable bonds is 3. The van der Waals surface area contributed by atoms with Gasteiger partial charge in [0.05, 0.1) is 18.9 Å². The van der Waals surface area contributed by atoms with Crippen LogP contribution >= 0.6 is 23.6 Å². The van der Waals surface area contributed by atoms with Gasteiger partial charge in [-0.05, 0) is 43.5 Å². The van der Waals surface area contributed by atoms with Crippen molar-refractivity contribution in [1.82, 2.24) is 9.21 Å². The van der Waals surface area contributed by atoms with E-state index < -0.39 is 10.0 Å². The zero-order valence-electron chi connectivity index (χ0n) is 14.9. The van der Waals surface area contributed by atoms with Crippen molar-refractivity contribution >= 4 is 49.7 Å². The number of thiophene rings is 1. The average Bonchev–Trinajstić information content (AvgIpc) is 2.98. The summed E-state index contributed by atoms with van der Waals surface area (Å²) in [5.41, 5.74) is 1.68. The fraction of sp³-hybridized carbons (Fsp3) is 0.625. The number of carbonyl (C=O) groups excluding carboxylic acids is 1. The highest BCUT2D eigenvalue weighted by Gasteiger charge is 2.29. The number of hydrogen-bond donors (Lipinski definition) is 1. The molecule has 1 aromatic heterocycles. The van der Waals surface area contributed by atoms with Crippen LogP contribution in [0.4, 0.5) is 5.00 Å². The topological polar surface area (TPSA) is 79.0 Å². The molecule has 1 N–H and O–H groups in total. The molecular formula is C16H23N3O4S3. The average molecular weight is 418 g/mol. The van der Waals surface area contributed by atoms with Crippen LogP contribution in [0.25, 0.3) is 0 Å². The summed E-state index contributed by atoms with van der Waals surface area (Å²) >= 11 is 7.08. The molecule has 0 saturated carbocycles. The molecule has 1 aliphatic carbocycles. The van der Waals surface area contributed by atoms with E-state index in [1.54, 1.807) is 11.3 Å². The van der Waals surface area contributed by atoms with Crippen molar-refractivity contribution in [1.29, 1.82) is 0 Å². The first kappa shape index (κ1) is 19.5. The van der Waals surface area contributed by atoms with Crippen molar-refractivity contribution in [3.63, 3.8) is 0 Å². The van der Waals surface area contributed by atoms with Crippen LogP contribution in [0.5, 0.6) is 0 Å². The Morgan fingerprint density at radius 3 is 2.46 bits per heavy atom. The number of esters is 1. The Kier molecular flexibility index (Phi) is 5.85. The zero-order chi connectivity index (χ0) is 18.9. The lowest BCUT2D eigenvalue weighted by Gasteiger charge is -2.34. The van der Waals surface area contributed by atoms with Crippen LogP contribution in [0.15, 0.2) is 0 Å². The molecule has 26 heavy (non-hydrogen) atoms. The van der Waals surface area contributed by atoms with Gasteiger partial charge in [0.2, 0.25) is 10.0 Å². The molecule has 0 unspecified atom stereocenters. The number of fused-ring (bicyclic) bond motifs is 1. The molecule has 2 heterocycles. The van der Waals surface area contributed by atoms with Gasteiger partial charge >= 0.3 is 5.97 Å². The lowest BCUT2D eigenvalue weighted by molar-refractivity contribution is 0.0601. The minimum absolute atomic E-state index is 0.336. The summed E-state index contributed by atoms with van der Waals surface area (Å²) in [7, 11) is -1.78. The molecule has 2 aliphatic rings. The van der Waals surface area contributed by atoms with Gasteiger partial charge in [0, 0.05) is 31.1 Å². The number of aryl methyl sites for hydroxylation is 1. The Morgan fingerprint density at radius 2 is 1.85 bits per heavy atom. The number of carbonyl (C=O) groups is 1. The van der Waals surface area contributed by atoms with Gasteiger partial charge in [-0.1, -0.05) is 0 Å². The number of nitrogens with one attached hydrogen (secondary N) is 1. The SMILES string of the molecule is COC(=O)c1c(NC(=S)N2CCN(S(C)(=O)=O)CC2)sc2c1CCCC2. The first-order chi connectivity index (χ1) is 12.3. The van der Waals surface area contributed by atoms with Crippen LogP contribution < -0.4 is 5.32 Å². The summed E-state index contributed by atoms with van der Waals surface area (Å²) in [5.74, 6) is -0.336. The highest BCUT2D eigenvalue weighted by Crippen LogP contribution is 2.38. The summed E-state index contributed by atoms with van der Waals surface area (Å²) in [4.78, 5) is 15.5. The van der Waals surface area contributed by atoms with E-state index in [4.69, 9.17) is 17.0 Å². The summed E-state index contributed by atoms with van der Waals surface area (Å²) in [6.45, 7) is 1.87. The number of thiocarbonyl (C=S) groups is 1. The maximum Gasteiger partial charge on any atom is 0.341 e. The van der Waals surface area contributed by atoms with Crippen LogP contribution in [-0.4, -0.2) is 68.2 Å². The third kappa shape index (κ3) is 4.03. The van der Waals surface area contributed by atoms with Gasteiger partial charge in [-0.15, -0.1) is 11.3 Å². The summed E-state index contributed by atoms with van der Waals surface area (Å²) < 4.78 is 29.7. The van der Waals surface area contributed by atoms with E-state index in [0.717, 1.165) is 36.2 Å². The molecule has 144 valence electrons. The first-order valence-corrected chi connectivity index (χ1v) is 11.6. The second kappa shape index (κ2) is 7.79. The Hall–Kier alpha value is -1.23. The van der Waals surface area contributed by atoms with Crippen LogP contribution in [0, 0.1) is 0 Å². The van der Waals surface area contributed by atoms with Gasteiger partial charge in [0.1, 0.15) is 5.00 Å². The fourth-order valence-corrected chi connectivity index (χ4v) is 5.82. The normalized spacial score (nSPS) is 18.3. The number of anilines is 1. The minimum atomic E-state index is -3.17. The zero-order valence-corrected chi connectivity index (χ0v) is 17.4. The highest BCUT2D eigenvalue weighted by atomic mass is 32.2. The van der Waals surface area contributed by atoms with E-state index in [2.05, 4.69) is 5.32 Å². The van der Waals surface area contributed by atoms with Gasteiger partial charge in [-0.2, -0.15) is 4.31 Å². The van der Waals surface area contributed by atoms with E-state index in [-0.39, 0.29) is 5.97 Å². The Morgan fingerprint density at radius 1 is 1.19 bits per heavy atom. The van der Waals surface area contributed by atoms with Crippen molar-refractivity contribution in [3.8, 4) is 0 Å². The van der Waals surface area contributed by atoms with Crippen LogP contribution in [0.2, 0.25) is 0 Å². The lowest BCUT2D eigenvalue weighted by atomic mass is 9.95. The summed E-state index contributed by atoms with van der Waals surface area (Å²) in [6.07, 6.45) is 5.29. The predicted molar refractivity (Wildman–Crippen MR) is 107 cm³/mol. The molecule has 0 radical (unpaired) electrons. The third-order valence-electron chi connectivity index (χ3n) is 4.78. The number of hydrogen-bond acceptors (Lipinski definition) is 6. The molecule has 0 amide bonds. The van der Waals surface area contributed by atoms with Crippen molar-refractivity contribution < 1.29 is 17.9 Å². The largest absolute Gasteiger partial charge is 0.465 e. The second-order valence-corrected chi connectivity index (χ2v) is 9.96. The molecule has 0 bridgehead atoms. The fourth-order valence-electron chi connectivity index (χ4n) is 3.37. The van der Waals surface area contributed by atoms with E-state index in [1.165, 1.54) is 22.5 Å². The Balaban J connectivity index is 1.74. The molecule has 1 aromatic rings. The third-order valence-corrected chi connectivity index (χ3v) is 7.65. The van der Waals surface area contributed by atoms with Crippen molar-refractivity contribution in [2.24, 2.45) is 0 Å². The molecule has 0 spiro atoms. The molecular weight excluding hydrogens is 394 g/mol.